The molecule has 0 saturated carbocycles. The molecular formula is C24H25N5OS. The molecule has 1 N–H and O–H groups in total. The molecule has 1 unspecified atom stereocenters. The standard InChI is InChI=1S/C24H25N5OS/c1-14-11-12-15(2)20(13-14)26-22(30)21(19-9-7-6-8-10-19)31-24-27-23-25-17(4)16(3)18(5)29(23)28-24/h6-13,21H,1-5H3,(H,26,30). The van der Waals surface area contributed by atoms with E-state index in [2.05, 4.69) is 20.4 Å². The highest BCUT2D eigenvalue weighted by Gasteiger charge is 2.25. The SMILES string of the molecule is Cc1ccc(C)c(NC(=O)C(Sc2nc3nc(C)c(C)c(C)n3n2)c2ccccc2)c1. The van der Waals surface area contributed by atoms with Gasteiger partial charge in [0.2, 0.25) is 11.1 Å². The number of carbonyl (C=O) groups excluding carboxylic acids is 1. The van der Waals surface area contributed by atoms with Crippen LogP contribution < -0.4 is 5.32 Å². The first kappa shape index (κ1) is 21.1. The number of nitrogens with zero attached hydrogens (tertiary/aromatic N) is 4. The molecule has 2 aromatic carbocycles. The molecule has 2 heterocycles. The number of thioether (sulfide) groups is 1. The van der Waals surface area contributed by atoms with Gasteiger partial charge >= 0.3 is 0 Å². The number of anilines is 1. The highest BCUT2D eigenvalue weighted by Crippen LogP contribution is 2.35. The Labute approximate surface area is 186 Å². The molecular weight excluding hydrogens is 406 g/mol. The summed E-state index contributed by atoms with van der Waals surface area (Å²) in [7, 11) is 0. The summed E-state index contributed by atoms with van der Waals surface area (Å²) in [5, 5.41) is 7.74. The lowest BCUT2D eigenvalue weighted by Crippen LogP contribution is -2.19. The zero-order valence-corrected chi connectivity index (χ0v) is 19.1. The second-order valence-electron chi connectivity index (χ2n) is 7.73. The molecule has 0 radical (unpaired) electrons. The second kappa shape index (κ2) is 8.51. The van der Waals surface area contributed by atoms with Crippen LogP contribution in [0.2, 0.25) is 0 Å². The monoisotopic (exact) mass is 431 g/mol. The van der Waals surface area contributed by atoms with Crippen molar-refractivity contribution < 1.29 is 4.79 Å². The summed E-state index contributed by atoms with van der Waals surface area (Å²) >= 11 is 1.33. The van der Waals surface area contributed by atoms with Crippen molar-refractivity contribution in [1.82, 2.24) is 19.6 Å². The summed E-state index contributed by atoms with van der Waals surface area (Å²) in [6.07, 6.45) is 0. The van der Waals surface area contributed by atoms with Gasteiger partial charge in [0.15, 0.2) is 0 Å². The molecule has 6 nitrogen and oxygen atoms in total. The molecule has 0 aliphatic heterocycles. The van der Waals surface area contributed by atoms with E-state index in [1.165, 1.54) is 11.8 Å². The van der Waals surface area contributed by atoms with Gasteiger partial charge in [-0.3, -0.25) is 4.79 Å². The van der Waals surface area contributed by atoms with E-state index in [9.17, 15) is 4.79 Å². The van der Waals surface area contributed by atoms with E-state index in [4.69, 9.17) is 0 Å². The molecule has 0 aliphatic rings. The number of nitrogens with one attached hydrogen (secondary N) is 1. The molecule has 4 rings (SSSR count). The largest absolute Gasteiger partial charge is 0.325 e. The number of benzene rings is 2. The minimum absolute atomic E-state index is 0.110. The molecule has 1 atom stereocenters. The molecule has 2 aromatic heterocycles. The Morgan fingerprint density at radius 3 is 2.48 bits per heavy atom. The lowest BCUT2D eigenvalue weighted by Gasteiger charge is -2.17. The van der Waals surface area contributed by atoms with Gasteiger partial charge < -0.3 is 5.32 Å². The normalized spacial score (nSPS) is 12.2. The summed E-state index contributed by atoms with van der Waals surface area (Å²) in [6.45, 7) is 9.99. The number of fused-ring (bicyclic) bond motifs is 1. The van der Waals surface area contributed by atoms with Crippen LogP contribution in [0.1, 0.15) is 38.9 Å². The van der Waals surface area contributed by atoms with Crippen LogP contribution in [0, 0.1) is 34.6 Å². The number of aryl methyl sites for hydroxylation is 4. The van der Waals surface area contributed by atoms with Gasteiger partial charge in [0.25, 0.3) is 5.78 Å². The van der Waals surface area contributed by atoms with Crippen LogP contribution in [0.4, 0.5) is 5.69 Å². The lowest BCUT2D eigenvalue weighted by molar-refractivity contribution is -0.115. The summed E-state index contributed by atoms with van der Waals surface area (Å²) in [4.78, 5) is 22.5. The van der Waals surface area contributed by atoms with Crippen molar-refractivity contribution in [3.63, 3.8) is 0 Å². The van der Waals surface area contributed by atoms with Crippen LogP contribution in [-0.2, 0) is 4.79 Å². The highest BCUT2D eigenvalue weighted by atomic mass is 32.2. The molecule has 31 heavy (non-hydrogen) atoms. The average Bonchev–Trinajstić information content (AvgIpc) is 3.16. The van der Waals surface area contributed by atoms with Crippen molar-refractivity contribution in [2.75, 3.05) is 5.32 Å². The van der Waals surface area contributed by atoms with Gasteiger partial charge in [-0.05, 0) is 62.9 Å². The van der Waals surface area contributed by atoms with Gasteiger partial charge in [-0.2, -0.15) is 4.98 Å². The van der Waals surface area contributed by atoms with Gasteiger partial charge in [0, 0.05) is 17.1 Å². The molecule has 1 amide bonds. The van der Waals surface area contributed by atoms with E-state index in [0.717, 1.165) is 39.3 Å². The maximum absolute atomic E-state index is 13.4. The number of aromatic nitrogens is 4. The minimum atomic E-state index is -0.499. The Kier molecular flexibility index (Phi) is 5.78. The average molecular weight is 432 g/mol. The fourth-order valence-electron chi connectivity index (χ4n) is 3.36. The molecule has 0 fully saturated rings. The van der Waals surface area contributed by atoms with Crippen molar-refractivity contribution in [3.05, 3.63) is 82.2 Å². The van der Waals surface area contributed by atoms with E-state index in [1.54, 1.807) is 4.52 Å². The van der Waals surface area contributed by atoms with Crippen LogP contribution in [-0.4, -0.2) is 25.5 Å². The third-order valence-corrected chi connectivity index (χ3v) is 6.56. The van der Waals surface area contributed by atoms with Crippen LogP contribution in [0.3, 0.4) is 0 Å². The first-order valence-electron chi connectivity index (χ1n) is 10.1. The molecule has 0 bridgehead atoms. The molecule has 158 valence electrons. The Bertz CT molecular complexity index is 1270. The minimum Gasteiger partial charge on any atom is -0.325 e. The van der Waals surface area contributed by atoms with Crippen LogP contribution in [0.5, 0.6) is 0 Å². The highest BCUT2D eigenvalue weighted by molar-refractivity contribution is 8.00. The summed E-state index contributed by atoms with van der Waals surface area (Å²) in [5.41, 5.74) is 6.84. The van der Waals surface area contributed by atoms with Crippen molar-refractivity contribution in [3.8, 4) is 0 Å². The summed E-state index contributed by atoms with van der Waals surface area (Å²) in [5.74, 6) is 0.436. The zero-order valence-electron chi connectivity index (χ0n) is 18.3. The van der Waals surface area contributed by atoms with Gasteiger partial charge in [-0.15, -0.1) is 5.10 Å². The first-order chi connectivity index (χ1) is 14.8. The summed E-state index contributed by atoms with van der Waals surface area (Å²) < 4.78 is 1.75. The zero-order chi connectivity index (χ0) is 22.1. The van der Waals surface area contributed by atoms with Gasteiger partial charge in [-0.25, -0.2) is 9.50 Å². The number of hydrogen-bond acceptors (Lipinski definition) is 5. The maximum Gasteiger partial charge on any atom is 0.253 e. The van der Waals surface area contributed by atoms with Gasteiger partial charge in [0.05, 0.1) is 0 Å². The number of carbonyl (C=O) groups is 1. The number of amides is 1. The van der Waals surface area contributed by atoms with E-state index < -0.39 is 5.25 Å². The predicted molar refractivity (Wildman–Crippen MR) is 125 cm³/mol. The Morgan fingerprint density at radius 1 is 1.00 bits per heavy atom. The van der Waals surface area contributed by atoms with Crippen molar-refractivity contribution >= 4 is 29.1 Å². The quantitative estimate of drug-likeness (QED) is 0.443. The Hall–Kier alpha value is -3.19. The molecule has 0 spiro atoms. The fourth-order valence-corrected chi connectivity index (χ4v) is 4.30. The number of rotatable bonds is 5. The molecule has 4 aromatic rings. The van der Waals surface area contributed by atoms with E-state index in [-0.39, 0.29) is 5.91 Å². The summed E-state index contributed by atoms with van der Waals surface area (Å²) in [6, 6.07) is 15.7. The van der Waals surface area contributed by atoms with Crippen molar-refractivity contribution in [2.45, 2.75) is 45.0 Å². The lowest BCUT2D eigenvalue weighted by atomic mass is 10.1. The Morgan fingerprint density at radius 2 is 1.74 bits per heavy atom. The predicted octanol–water partition coefficient (Wildman–Crippen LogP) is 5.14. The number of hydrogen-bond donors (Lipinski definition) is 1. The maximum atomic E-state index is 13.4. The Balaban J connectivity index is 1.69. The van der Waals surface area contributed by atoms with Gasteiger partial charge in [-0.1, -0.05) is 54.2 Å². The van der Waals surface area contributed by atoms with E-state index in [1.807, 2.05) is 83.1 Å². The third-order valence-electron chi connectivity index (χ3n) is 5.46. The topological polar surface area (TPSA) is 72.2 Å². The van der Waals surface area contributed by atoms with Crippen molar-refractivity contribution in [1.29, 1.82) is 0 Å². The first-order valence-corrected chi connectivity index (χ1v) is 11.0. The van der Waals surface area contributed by atoms with Crippen molar-refractivity contribution in [2.24, 2.45) is 0 Å². The second-order valence-corrected chi connectivity index (χ2v) is 8.80. The fraction of sp³-hybridized carbons (Fsp3) is 0.250. The molecule has 0 aliphatic carbocycles. The molecule has 7 heteroatoms. The van der Waals surface area contributed by atoms with Crippen LogP contribution >= 0.6 is 11.8 Å². The third kappa shape index (κ3) is 4.32. The smallest absolute Gasteiger partial charge is 0.253 e. The van der Waals surface area contributed by atoms with E-state index >= 15 is 0 Å². The van der Waals surface area contributed by atoms with Gasteiger partial charge in [0.1, 0.15) is 5.25 Å². The van der Waals surface area contributed by atoms with Crippen LogP contribution in [0.25, 0.3) is 5.78 Å². The van der Waals surface area contributed by atoms with E-state index in [0.29, 0.717) is 10.9 Å². The van der Waals surface area contributed by atoms with Crippen LogP contribution in [0.15, 0.2) is 53.7 Å². The molecule has 0 saturated heterocycles.